The lowest BCUT2D eigenvalue weighted by atomic mass is 10.1. The molecule has 0 radical (unpaired) electrons. The molecule has 1 aromatic carbocycles. The van der Waals surface area contributed by atoms with Crippen LogP contribution in [0.5, 0.6) is 0 Å². The maximum Gasteiger partial charge on any atom is 0.293 e. The summed E-state index contributed by atoms with van der Waals surface area (Å²) in [6.45, 7) is 2.18. The number of halogens is 1. The van der Waals surface area contributed by atoms with E-state index in [0.29, 0.717) is 6.61 Å². The lowest BCUT2D eigenvalue weighted by molar-refractivity contribution is -0.458. The predicted molar refractivity (Wildman–Crippen MR) is 82.7 cm³/mol. The smallest absolute Gasteiger partial charge is 0.293 e. The molecule has 0 aliphatic heterocycles. The van der Waals surface area contributed by atoms with Crippen molar-refractivity contribution >= 4 is 11.9 Å². The number of rotatable bonds is 6. The van der Waals surface area contributed by atoms with E-state index in [0.717, 1.165) is 11.3 Å². The normalized spacial score (nSPS) is 12.0. The molecule has 0 fully saturated rings. The van der Waals surface area contributed by atoms with Gasteiger partial charge in [0, 0.05) is 13.1 Å². The van der Waals surface area contributed by atoms with Gasteiger partial charge in [0.25, 0.3) is 5.95 Å². The monoisotopic (exact) mass is 293 g/mol. The van der Waals surface area contributed by atoms with Gasteiger partial charge in [-0.15, -0.1) is 0 Å². The first kappa shape index (κ1) is 16.8. The second kappa shape index (κ2) is 8.09. The van der Waals surface area contributed by atoms with Gasteiger partial charge in [-0.2, -0.15) is 0 Å². The fourth-order valence-electron chi connectivity index (χ4n) is 1.68. The van der Waals surface area contributed by atoms with Gasteiger partial charge in [-0.25, -0.2) is 8.97 Å². The molecular formula is C16H22FN2O2+. The van der Waals surface area contributed by atoms with Crippen molar-refractivity contribution in [3.05, 3.63) is 53.9 Å². The average Bonchev–Trinajstić information content (AvgIpc) is 2.40. The summed E-state index contributed by atoms with van der Waals surface area (Å²) in [5, 5.41) is 9.63. The minimum atomic E-state index is -0.287. The molecule has 21 heavy (non-hydrogen) atoms. The lowest BCUT2D eigenvalue weighted by Crippen LogP contribution is -2.12. The number of ether oxygens (including phenoxy) is 1. The average molecular weight is 293 g/mol. The van der Waals surface area contributed by atoms with E-state index in [4.69, 9.17) is 4.74 Å². The highest BCUT2D eigenvalue weighted by Crippen LogP contribution is 2.19. The Labute approximate surface area is 125 Å². The van der Waals surface area contributed by atoms with E-state index in [9.17, 15) is 9.50 Å². The summed E-state index contributed by atoms with van der Waals surface area (Å²) < 4.78 is 20.0. The van der Waals surface area contributed by atoms with Crippen molar-refractivity contribution in [3.8, 4) is 0 Å². The van der Waals surface area contributed by atoms with E-state index in [1.54, 1.807) is 31.0 Å². The highest BCUT2D eigenvalue weighted by atomic mass is 19.1. The Hall–Kier alpha value is -2.30. The Morgan fingerprint density at radius 3 is 2.48 bits per heavy atom. The third kappa shape index (κ3) is 5.69. The minimum absolute atomic E-state index is 0.169. The van der Waals surface area contributed by atoms with Gasteiger partial charge in [0.2, 0.25) is 0 Å². The molecule has 0 heterocycles. The van der Waals surface area contributed by atoms with E-state index >= 15 is 0 Å². The Morgan fingerprint density at radius 2 is 1.95 bits per heavy atom. The zero-order chi connectivity index (χ0) is 15.8. The molecule has 0 atom stereocenters. The van der Waals surface area contributed by atoms with Crippen molar-refractivity contribution < 1.29 is 18.8 Å². The first-order chi connectivity index (χ1) is 9.93. The van der Waals surface area contributed by atoms with E-state index in [2.05, 4.69) is 0 Å². The van der Waals surface area contributed by atoms with Gasteiger partial charge < -0.3 is 14.7 Å². The third-order valence-corrected chi connectivity index (χ3v) is 2.65. The molecule has 1 aromatic rings. The molecule has 1 rings (SSSR count). The molecule has 4 nitrogen and oxygen atoms in total. The molecule has 0 aliphatic carbocycles. The van der Waals surface area contributed by atoms with Crippen LogP contribution >= 0.6 is 0 Å². The van der Waals surface area contributed by atoms with Crippen LogP contribution < -0.4 is 0 Å². The summed E-state index contributed by atoms with van der Waals surface area (Å²) in [5.74, 6) is -0.456. The van der Waals surface area contributed by atoms with Gasteiger partial charge in [-0.3, -0.25) is 0 Å². The van der Waals surface area contributed by atoms with Crippen LogP contribution in [0.15, 0.2) is 42.5 Å². The summed E-state index contributed by atoms with van der Waals surface area (Å²) >= 11 is 0. The van der Waals surface area contributed by atoms with Crippen LogP contribution in [-0.2, 0) is 4.74 Å². The van der Waals surface area contributed by atoms with E-state index < -0.39 is 0 Å². The highest BCUT2D eigenvalue weighted by molar-refractivity contribution is 5.81. The SMILES string of the molecule is CCO/C(O)=C/N(C)/C(=C\C=[N+](C)C)c1ccc(F)cc1. The van der Waals surface area contributed by atoms with Crippen LogP contribution in [-0.4, -0.2) is 48.5 Å². The number of aliphatic hydroxyl groups excluding tert-OH is 1. The van der Waals surface area contributed by atoms with Crippen molar-refractivity contribution in [1.29, 1.82) is 0 Å². The van der Waals surface area contributed by atoms with Crippen LogP contribution in [0.3, 0.4) is 0 Å². The number of benzene rings is 1. The second-order valence-corrected chi connectivity index (χ2v) is 4.68. The predicted octanol–water partition coefficient (Wildman–Crippen LogP) is 2.83. The number of hydrogen-bond donors (Lipinski definition) is 1. The van der Waals surface area contributed by atoms with Crippen molar-refractivity contribution in [1.82, 2.24) is 4.90 Å². The molecule has 0 saturated carbocycles. The Kier molecular flexibility index (Phi) is 6.46. The first-order valence-corrected chi connectivity index (χ1v) is 6.68. The molecule has 0 amide bonds. The maximum atomic E-state index is 13.1. The van der Waals surface area contributed by atoms with Crippen molar-refractivity contribution in [2.75, 3.05) is 27.7 Å². The number of aliphatic hydroxyl groups is 1. The van der Waals surface area contributed by atoms with Crippen molar-refractivity contribution in [2.24, 2.45) is 0 Å². The Balaban J connectivity index is 3.14. The molecule has 0 aliphatic rings. The molecule has 0 unspecified atom stereocenters. The highest BCUT2D eigenvalue weighted by Gasteiger charge is 2.08. The van der Waals surface area contributed by atoms with Crippen molar-refractivity contribution in [3.63, 3.8) is 0 Å². The fraction of sp³-hybridized carbons (Fsp3) is 0.312. The number of allylic oxidation sites excluding steroid dienone is 1. The maximum absolute atomic E-state index is 13.1. The third-order valence-electron chi connectivity index (χ3n) is 2.65. The molecule has 0 aromatic heterocycles. The molecule has 0 spiro atoms. The zero-order valence-electron chi connectivity index (χ0n) is 12.9. The van der Waals surface area contributed by atoms with E-state index in [1.165, 1.54) is 18.3 Å². The minimum Gasteiger partial charge on any atom is -0.480 e. The van der Waals surface area contributed by atoms with Crippen LogP contribution in [0.4, 0.5) is 4.39 Å². The standard InChI is InChI=1S/C16H21FN2O2/c1-5-21-16(20)12-19(4)15(10-11-18(2)3)13-6-8-14(17)9-7-13/h6-12H,5H2,1-4H3/p+1/b16-12+. The molecular weight excluding hydrogens is 271 g/mol. The summed E-state index contributed by atoms with van der Waals surface area (Å²) in [4.78, 5) is 1.72. The second-order valence-electron chi connectivity index (χ2n) is 4.68. The quantitative estimate of drug-likeness (QED) is 0.498. The lowest BCUT2D eigenvalue weighted by Gasteiger charge is -2.18. The summed E-state index contributed by atoms with van der Waals surface area (Å²) in [7, 11) is 5.60. The van der Waals surface area contributed by atoms with E-state index in [-0.39, 0.29) is 11.8 Å². The molecule has 5 heteroatoms. The summed E-state index contributed by atoms with van der Waals surface area (Å²) in [5.41, 5.74) is 1.63. The molecule has 0 bridgehead atoms. The Bertz CT molecular complexity index is 544. The van der Waals surface area contributed by atoms with Crippen LogP contribution in [0.25, 0.3) is 5.70 Å². The number of nitrogens with zero attached hydrogens (tertiary/aromatic N) is 2. The van der Waals surface area contributed by atoms with Gasteiger partial charge in [-0.1, -0.05) is 0 Å². The first-order valence-electron chi connectivity index (χ1n) is 6.68. The molecule has 0 saturated heterocycles. The Morgan fingerprint density at radius 1 is 1.33 bits per heavy atom. The largest absolute Gasteiger partial charge is 0.480 e. The van der Waals surface area contributed by atoms with Gasteiger partial charge in [-0.05, 0) is 36.8 Å². The summed E-state index contributed by atoms with van der Waals surface area (Å²) in [6, 6.07) is 6.18. The van der Waals surface area contributed by atoms with Gasteiger partial charge in [0.15, 0.2) is 6.21 Å². The van der Waals surface area contributed by atoms with Gasteiger partial charge in [0.05, 0.1) is 18.5 Å². The van der Waals surface area contributed by atoms with Crippen LogP contribution in [0, 0.1) is 5.82 Å². The van der Waals surface area contributed by atoms with Crippen LogP contribution in [0.1, 0.15) is 12.5 Å². The van der Waals surface area contributed by atoms with Gasteiger partial charge in [0.1, 0.15) is 19.9 Å². The fourth-order valence-corrected chi connectivity index (χ4v) is 1.68. The topological polar surface area (TPSA) is 35.7 Å². The molecule has 1 N–H and O–H groups in total. The van der Waals surface area contributed by atoms with Crippen molar-refractivity contribution in [2.45, 2.75) is 6.92 Å². The van der Waals surface area contributed by atoms with E-state index in [1.807, 2.05) is 31.0 Å². The zero-order valence-corrected chi connectivity index (χ0v) is 12.9. The van der Waals surface area contributed by atoms with Crippen LogP contribution in [0.2, 0.25) is 0 Å². The molecule has 114 valence electrons. The summed E-state index contributed by atoms with van der Waals surface area (Å²) in [6.07, 6.45) is 5.23. The van der Waals surface area contributed by atoms with Gasteiger partial charge >= 0.3 is 0 Å². The number of hydrogen-bond acceptors (Lipinski definition) is 3.